The molecule has 0 atom stereocenters. The zero-order valence-corrected chi connectivity index (χ0v) is 23.4. The molecule has 0 spiro atoms. The van der Waals surface area contributed by atoms with Gasteiger partial charge in [0.1, 0.15) is 0 Å². The molecule has 0 aliphatic carbocycles. The van der Waals surface area contributed by atoms with Crippen LogP contribution in [0.15, 0.2) is 78.7 Å². The third-order valence-electron chi connectivity index (χ3n) is 6.04. The van der Waals surface area contributed by atoms with Crippen LogP contribution in [-0.4, -0.2) is 15.9 Å². The summed E-state index contributed by atoms with van der Waals surface area (Å²) >= 11 is 0. The van der Waals surface area contributed by atoms with Gasteiger partial charge in [-0.2, -0.15) is 0 Å². The summed E-state index contributed by atoms with van der Waals surface area (Å²) in [5.41, 5.74) is 3.88. The zero-order chi connectivity index (χ0) is 27.4. The molecule has 35 heavy (non-hydrogen) atoms. The number of hydrogen-bond acceptors (Lipinski definition) is 3. The molecule has 1 N–H and O–H groups in total. The first-order chi connectivity index (χ1) is 17.6. The zero-order valence-electron chi connectivity index (χ0n) is 24.0. The van der Waals surface area contributed by atoms with Crippen LogP contribution in [-0.2, 0) is 24.9 Å². The molecular weight excluding hydrogens is 611 g/mol. The SMILES string of the molecule is CCC(CC)C(=O)/C=C(\O)C(CC)CC.[2H]C([2H])([2H])c1ccnc(-c2[c-]cc(-c3ccccc3)cc2)c1.[Ir]. The van der Waals surface area contributed by atoms with Crippen LogP contribution in [0.4, 0.5) is 0 Å². The fourth-order valence-corrected chi connectivity index (χ4v) is 3.75. The number of aliphatic hydroxyl groups excluding tert-OH is 1. The first-order valence-electron chi connectivity index (χ1n) is 13.6. The maximum atomic E-state index is 11.7. The number of aromatic nitrogens is 1. The van der Waals surface area contributed by atoms with Crippen LogP contribution in [0.5, 0.6) is 0 Å². The topological polar surface area (TPSA) is 50.2 Å². The molecule has 0 saturated carbocycles. The van der Waals surface area contributed by atoms with Gasteiger partial charge >= 0.3 is 0 Å². The van der Waals surface area contributed by atoms with Gasteiger partial charge in [0.05, 0.1) is 5.76 Å². The van der Waals surface area contributed by atoms with Crippen LogP contribution in [0.1, 0.15) is 63.1 Å². The maximum absolute atomic E-state index is 11.7. The molecule has 4 heteroatoms. The summed E-state index contributed by atoms with van der Waals surface area (Å²) in [5, 5.41) is 9.76. The van der Waals surface area contributed by atoms with E-state index in [1.807, 2.05) is 76.2 Å². The molecule has 0 amide bonds. The quantitative estimate of drug-likeness (QED) is 0.144. The predicted octanol–water partition coefficient (Wildman–Crippen LogP) is 8.39. The molecular formula is C31H38IrNO2-. The second-order valence-electron chi connectivity index (χ2n) is 8.29. The second-order valence-corrected chi connectivity index (χ2v) is 8.29. The Morgan fingerprint density at radius 2 is 1.63 bits per heavy atom. The van der Waals surface area contributed by atoms with Crippen molar-refractivity contribution >= 4 is 5.78 Å². The van der Waals surface area contributed by atoms with Gasteiger partial charge in [0, 0.05) is 48.3 Å². The van der Waals surface area contributed by atoms with E-state index < -0.39 is 6.85 Å². The van der Waals surface area contributed by atoms with E-state index in [2.05, 4.69) is 11.1 Å². The summed E-state index contributed by atoms with van der Waals surface area (Å²) in [6.07, 6.45) is 6.43. The molecule has 0 aliphatic rings. The Balaban J connectivity index is 0.000000401. The first kappa shape index (κ1) is 25.5. The van der Waals surface area contributed by atoms with Crippen molar-refractivity contribution in [3.8, 4) is 22.4 Å². The monoisotopic (exact) mass is 652 g/mol. The van der Waals surface area contributed by atoms with E-state index in [9.17, 15) is 9.90 Å². The first-order valence-corrected chi connectivity index (χ1v) is 12.1. The third-order valence-corrected chi connectivity index (χ3v) is 6.04. The van der Waals surface area contributed by atoms with Crippen LogP contribution in [0.25, 0.3) is 22.4 Å². The smallest absolute Gasteiger partial charge is 0.162 e. The van der Waals surface area contributed by atoms with E-state index in [0.29, 0.717) is 5.69 Å². The van der Waals surface area contributed by atoms with Gasteiger partial charge in [0.2, 0.25) is 0 Å². The second kappa shape index (κ2) is 16.2. The summed E-state index contributed by atoms with van der Waals surface area (Å²) in [6, 6.07) is 22.1. The maximum Gasteiger partial charge on any atom is 0.162 e. The van der Waals surface area contributed by atoms with Gasteiger partial charge in [-0.15, -0.1) is 29.8 Å². The van der Waals surface area contributed by atoms with Crippen molar-refractivity contribution in [2.75, 3.05) is 0 Å². The summed E-state index contributed by atoms with van der Waals surface area (Å²) in [6.45, 7) is 5.95. The minimum atomic E-state index is -2.12. The Hall–Kier alpha value is -2.55. The van der Waals surface area contributed by atoms with Crippen molar-refractivity contribution in [2.45, 2.75) is 60.2 Å². The van der Waals surface area contributed by atoms with E-state index in [4.69, 9.17) is 4.11 Å². The van der Waals surface area contributed by atoms with E-state index >= 15 is 0 Å². The molecule has 1 heterocycles. The molecule has 3 rings (SSSR count). The molecule has 0 unspecified atom stereocenters. The molecule has 1 radical (unpaired) electrons. The van der Waals surface area contributed by atoms with Crippen molar-refractivity contribution in [3.63, 3.8) is 0 Å². The van der Waals surface area contributed by atoms with Crippen molar-refractivity contribution in [1.29, 1.82) is 0 Å². The van der Waals surface area contributed by atoms with Crippen molar-refractivity contribution in [1.82, 2.24) is 4.98 Å². The Kier molecular flexibility index (Phi) is 11.8. The number of hydrogen-bond donors (Lipinski definition) is 1. The van der Waals surface area contributed by atoms with Crippen LogP contribution in [0.3, 0.4) is 0 Å². The van der Waals surface area contributed by atoms with Crippen molar-refractivity contribution in [2.24, 2.45) is 11.8 Å². The number of aliphatic hydroxyl groups is 1. The number of carbonyl (C=O) groups excluding carboxylic acids is 1. The fourth-order valence-electron chi connectivity index (χ4n) is 3.75. The fraction of sp³-hybridized carbons (Fsp3) is 0.355. The van der Waals surface area contributed by atoms with E-state index in [1.54, 1.807) is 6.07 Å². The third kappa shape index (κ3) is 9.55. The minimum absolute atomic E-state index is 0. The Morgan fingerprint density at radius 1 is 0.971 bits per heavy atom. The van der Waals surface area contributed by atoms with Crippen LogP contribution in [0.2, 0.25) is 0 Å². The summed E-state index contributed by atoms with van der Waals surface area (Å²) in [7, 11) is 0. The van der Waals surface area contributed by atoms with Gasteiger partial charge in [-0.3, -0.25) is 4.79 Å². The van der Waals surface area contributed by atoms with Gasteiger partial charge in [-0.1, -0.05) is 80.8 Å². The Labute approximate surface area is 229 Å². The van der Waals surface area contributed by atoms with Crippen molar-refractivity contribution in [3.05, 3.63) is 90.3 Å². The van der Waals surface area contributed by atoms with Crippen LogP contribution < -0.4 is 0 Å². The molecule has 0 fully saturated rings. The molecule has 1 aromatic heterocycles. The van der Waals surface area contributed by atoms with Gasteiger partial charge in [0.15, 0.2) is 5.78 Å². The molecule has 2 aromatic carbocycles. The number of nitrogens with zero attached hydrogens (tertiary/aromatic N) is 1. The molecule has 0 aliphatic heterocycles. The van der Waals surface area contributed by atoms with Gasteiger partial charge in [-0.05, 0) is 44.3 Å². The standard InChI is InChI=1S/C18H14N.C13H24O2.Ir/c1-14-11-12-19-18(13-14)17-9-7-16(8-10-17)15-5-3-2-4-6-15;1-5-10(6-2)12(14)9-13(15)11(7-3)8-4;/h2-9,11-13H,1H3;9-11,14H,5-8H2,1-4H3;/q-1;;/b;12-9-;/i1D3;;. The van der Waals surface area contributed by atoms with E-state index in [1.165, 1.54) is 18.3 Å². The number of pyridine rings is 1. The van der Waals surface area contributed by atoms with Gasteiger partial charge in [-0.25, -0.2) is 0 Å². The molecule has 189 valence electrons. The number of ketones is 1. The minimum Gasteiger partial charge on any atom is -0.512 e. The summed E-state index contributed by atoms with van der Waals surface area (Å²) < 4.78 is 22.4. The number of allylic oxidation sites excluding steroid dienone is 2. The van der Waals surface area contributed by atoms with Crippen LogP contribution >= 0.6 is 0 Å². The Bertz CT molecular complexity index is 1140. The van der Waals surface area contributed by atoms with E-state index in [0.717, 1.165) is 42.4 Å². The molecule has 3 nitrogen and oxygen atoms in total. The van der Waals surface area contributed by atoms with Gasteiger partial charge < -0.3 is 10.1 Å². The number of rotatable bonds is 9. The number of benzene rings is 2. The van der Waals surface area contributed by atoms with Crippen molar-refractivity contribution < 1.29 is 34.1 Å². The Morgan fingerprint density at radius 3 is 2.17 bits per heavy atom. The molecule has 0 bridgehead atoms. The average Bonchev–Trinajstić information content (AvgIpc) is 2.90. The normalized spacial score (nSPS) is 12.6. The average molecular weight is 652 g/mol. The summed E-state index contributed by atoms with van der Waals surface area (Å²) in [5.74, 6) is 0.547. The van der Waals surface area contributed by atoms with Crippen LogP contribution in [0, 0.1) is 24.8 Å². The van der Waals surface area contributed by atoms with E-state index in [-0.39, 0.29) is 49.0 Å². The number of carbonyl (C=O) groups is 1. The largest absolute Gasteiger partial charge is 0.512 e. The summed E-state index contributed by atoms with van der Waals surface area (Å²) in [4.78, 5) is 16.0. The number of aryl methyl sites for hydroxylation is 1. The molecule has 0 saturated heterocycles. The predicted molar refractivity (Wildman–Crippen MR) is 143 cm³/mol. The molecule has 3 aromatic rings. The van der Waals surface area contributed by atoms with Gasteiger partial charge in [0.25, 0.3) is 0 Å².